The summed E-state index contributed by atoms with van der Waals surface area (Å²) in [6.07, 6.45) is 2.85. The molecule has 18 heavy (non-hydrogen) atoms. The molecule has 98 valence electrons. The van der Waals surface area contributed by atoms with Gasteiger partial charge < -0.3 is 0 Å². The molecular weight excluding hydrogens is 284 g/mol. The van der Waals surface area contributed by atoms with Crippen molar-refractivity contribution in [3.8, 4) is 0 Å². The summed E-state index contributed by atoms with van der Waals surface area (Å²) in [5, 5.41) is 3.74. The Labute approximate surface area is 120 Å². The van der Waals surface area contributed by atoms with Crippen molar-refractivity contribution < 1.29 is 0 Å². The van der Waals surface area contributed by atoms with Crippen LogP contribution in [0.15, 0.2) is 55.1 Å². The molecule has 0 N–H and O–H groups in total. The molecule has 0 heterocycles. The number of alkyl halides is 1. The van der Waals surface area contributed by atoms with Crippen molar-refractivity contribution in [1.82, 2.24) is 0 Å². The predicted molar refractivity (Wildman–Crippen MR) is 88.7 cm³/mol. The average Bonchev–Trinajstić information content (AvgIpc) is 2.43. The molecule has 0 nitrogen and oxygen atoms in total. The van der Waals surface area contributed by atoms with E-state index < -0.39 is 0 Å². The third-order valence-corrected chi connectivity index (χ3v) is 2.64. The number of allylic oxidation sites excluding steroid dienone is 1. The third kappa shape index (κ3) is 5.50. The van der Waals surface area contributed by atoms with Crippen LogP contribution in [0.4, 0.5) is 0 Å². The molecular formula is C17H23Br. The van der Waals surface area contributed by atoms with Gasteiger partial charge in [-0.15, -0.1) is 6.58 Å². The van der Waals surface area contributed by atoms with Crippen LogP contribution in [0, 0.1) is 0 Å². The van der Waals surface area contributed by atoms with Gasteiger partial charge in [0.1, 0.15) is 0 Å². The molecule has 1 heteroatoms. The van der Waals surface area contributed by atoms with Crippen molar-refractivity contribution in [1.29, 1.82) is 0 Å². The summed E-state index contributed by atoms with van der Waals surface area (Å²) in [6.45, 7) is 9.25. The molecule has 0 atom stereocenters. The molecule has 2 aromatic carbocycles. The van der Waals surface area contributed by atoms with Crippen molar-refractivity contribution in [3.63, 3.8) is 0 Å². The molecule has 2 rings (SSSR count). The van der Waals surface area contributed by atoms with E-state index in [1.165, 1.54) is 16.3 Å². The Morgan fingerprint density at radius 1 is 1.06 bits per heavy atom. The van der Waals surface area contributed by atoms with Crippen LogP contribution < -0.4 is 0 Å². The maximum Gasteiger partial charge on any atom is 0.00720 e. The minimum atomic E-state index is 1.03. The summed E-state index contributed by atoms with van der Waals surface area (Å²) in [5.74, 6) is 0. The van der Waals surface area contributed by atoms with E-state index in [0.29, 0.717) is 0 Å². The Morgan fingerprint density at radius 2 is 1.61 bits per heavy atom. The molecule has 0 fully saturated rings. The lowest BCUT2D eigenvalue weighted by Crippen LogP contribution is -1.86. The van der Waals surface area contributed by atoms with E-state index in [-0.39, 0.29) is 0 Å². The van der Waals surface area contributed by atoms with Crippen LogP contribution in [0.2, 0.25) is 0 Å². The van der Waals surface area contributed by atoms with Crippen LogP contribution in [-0.2, 0) is 6.42 Å². The Morgan fingerprint density at radius 3 is 2.22 bits per heavy atom. The largest absolute Gasteiger partial charge is 0.103 e. The molecule has 0 bridgehead atoms. The van der Waals surface area contributed by atoms with Crippen LogP contribution in [0.5, 0.6) is 0 Å². The van der Waals surface area contributed by atoms with Gasteiger partial charge in [-0.25, -0.2) is 0 Å². The second kappa shape index (κ2) is 11.0. The first-order valence-electron chi connectivity index (χ1n) is 6.43. The topological polar surface area (TPSA) is 0 Å². The molecule has 0 aliphatic carbocycles. The quantitative estimate of drug-likeness (QED) is 0.472. The lowest BCUT2D eigenvalue weighted by Gasteiger charge is -2.03. The fraction of sp³-hybridized carbons (Fsp3) is 0.294. The van der Waals surface area contributed by atoms with Gasteiger partial charge in [0.15, 0.2) is 0 Å². The van der Waals surface area contributed by atoms with Crippen LogP contribution in [-0.4, -0.2) is 5.33 Å². The van der Waals surface area contributed by atoms with Crippen LogP contribution in [0.3, 0.4) is 0 Å². The summed E-state index contributed by atoms with van der Waals surface area (Å²) in [7, 11) is 0. The first-order valence-corrected chi connectivity index (χ1v) is 7.55. The fourth-order valence-electron chi connectivity index (χ4n) is 1.61. The maximum atomic E-state index is 3.47. The van der Waals surface area contributed by atoms with E-state index in [4.69, 9.17) is 0 Å². The Balaban J connectivity index is 0.000000509. The van der Waals surface area contributed by atoms with Crippen molar-refractivity contribution in [2.75, 3.05) is 5.33 Å². The minimum Gasteiger partial charge on any atom is -0.103 e. The summed E-state index contributed by atoms with van der Waals surface area (Å²) >= 11 is 3.47. The first-order chi connectivity index (χ1) is 8.83. The minimum absolute atomic E-state index is 1.03. The van der Waals surface area contributed by atoms with E-state index in [1.54, 1.807) is 6.08 Å². The van der Waals surface area contributed by atoms with Gasteiger partial charge in [0.05, 0.1) is 0 Å². The number of hydrogen-bond acceptors (Lipinski definition) is 0. The van der Waals surface area contributed by atoms with E-state index in [9.17, 15) is 0 Å². The van der Waals surface area contributed by atoms with Crippen LogP contribution in [0.25, 0.3) is 10.8 Å². The zero-order valence-corrected chi connectivity index (χ0v) is 13.2. The van der Waals surface area contributed by atoms with Crippen molar-refractivity contribution in [2.45, 2.75) is 27.2 Å². The van der Waals surface area contributed by atoms with Gasteiger partial charge in [0, 0.05) is 5.33 Å². The zero-order valence-electron chi connectivity index (χ0n) is 11.6. The van der Waals surface area contributed by atoms with E-state index in [2.05, 4.69) is 65.0 Å². The second-order valence-corrected chi connectivity index (χ2v) is 4.28. The van der Waals surface area contributed by atoms with Gasteiger partial charge in [0.2, 0.25) is 0 Å². The fourth-order valence-corrected chi connectivity index (χ4v) is 2.04. The molecule has 0 aromatic heterocycles. The molecule has 2 aromatic rings. The van der Waals surface area contributed by atoms with E-state index in [0.717, 1.165) is 11.8 Å². The highest BCUT2D eigenvalue weighted by molar-refractivity contribution is 9.09. The van der Waals surface area contributed by atoms with Crippen molar-refractivity contribution >= 4 is 26.7 Å². The number of rotatable bonds is 2. The number of halogens is 1. The zero-order chi connectivity index (χ0) is 13.8. The summed E-state index contributed by atoms with van der Waals surface area (Å²) < 4.78 is 0. The number of aryl methyl sites for hydroxylation is 1. The standard InChI is InChI=1S/C12H11Br.C3H6.C2H6/c13-9-8-11-6-3-5-10-4-1-2-7-12(10)11;1-3-2;1-2/h1-7H,8-9H2;3H,1H2,2H3;1-2H3. The smallest absolute Gasteiger partial charge is 0.00720 e. The number of benzene rings is 2. The van der Waals surface area contributed by atoms with Gasteiger partial charge in [-0.1, -0.05) is 78.3 Å². The summed E-state index contributed by atoms with van der Waals surface area (Å²) in [5.41, 5.74) is 1.43. The monoisotopic (exact) mass is 306 g/mol. The number of hydrogen-bond donors (Lipinski definition) is 0. The predicted octanol–water partition coefficient (Wildman–Crippen LogP) is 6.00. The highest BCUT2D eigenvalue weighted by atomic mass is 79.9. The van der Waals surface area contributed by atoms with Gasteiger partial charge in [-0.05, 0) is 29.7 Å². The molecule has 0 saturated heterocycles. The normalized spacial score (nSPS) is 8.67. The lowest BCUT2D eigenvalue weighted by atomic mass is 10.0. The summed E-state index contributed by atoms with van der Waals surface area (Å²) in [4.78, 5) is 0. The highest BCUT2D eigenvalue weighted by Gasteiger charge is 1.97. The highest BCUT2D eigenvalue weighted by Crippen LogP contribution is 2.19. The molecule has 0 radical (unpaired) electrons. The van der Waals surface area contributed by atoms with Gasteiger partial charge in [-0.2, -0.15) is 0 Å². The molecule has 0 unspecified atom stereocenters. The summed E-state index contributed by atoms with van der Waals surface area (Å²) in [6, 6.07) is 15.0. The molecule has 0 spiro atoms. The molecule has 0 amide bonds. The molecule has 0 aliphatic rings. The van der Waals surface area contributed by atoms with E-state index in [1.807, 2.05) is 20.8 Å². The number of fused-ring (bicyclic) bond motifs is 1. The van der Waals surface area contributed by atoms with Crippen molar-refractivity contribution in [3.05, 3.63) is 60.7 Å². The van der Waals surface area contributed by atoms with Gasteiger partial charge >= 0.3 is 0 Å². The van der Waals surface area contributed by atoms with Gasteiger partial charge in [-0.3, -0.25) is 0 Å². The lowest BCUT2D eigenvalue weighted by molar-refractivity contribution is 1.19. The van der Waals surface area contributed by atoms with Gasteiger partial charge in [0.25, 0.3) is 0 Å². The molecule has 0 aliphatic heterocycles. The SMILES string of the molecule is BrCCc1cccc2ccccc12.C=CC.CC. The average molecular weight is 307 g/mol. The Kier molecular flexibility index (Phi) is 10.4. The second-order valence-electron chi connectivity index (χ2n) is 3.49. The van der Waals surface area contributed by atoms with E-state index >= 15 is 0 Å². The Hall–Kier alpha value is -1.08. The maximum absolute atomic E-state index is 3.47. The van der Waals surface area contributed by atoms with Crippen LogP contribution in [0.1, 0.15) is 26.3 Å². The Bertz CT molecular complexity index is 441. The third-order valence-electron chi connectivity index (χ3n) is 2.24. The molecule has 0 saturated carbocycles. The van der Waals surface area contributed by atoms with Crippen molar-refractivity contribution in [2.24, 2.45) is 0 Å². The van der Waals surface area contributed by atoms with Crippen LogP contribution >= 0.6 is 15.9 Å². The first kappa shape index (κ1) is 16.9.